The molecule has 0 spiro atoms. The second-order valence-corrected chi connectivity index (χ2v) is 11.2. The van der Waals surface area contributed by atoms with E-state index in [2.05, 4.69) is 5.32 Å². The number of benzene rings is 2. The molecule has 1 aliphatic heterocycles. The lowest BCUT2D eigenvalue weighted by molar-refractivity contribution is -0.116. The molecule has 1 aromatic heterocycles. The van der Waals surface area contributed by atoms with Crippen LogP contribution in [0.3, 0.4) is 0 Å². The molecular formula is C25H25NO5S2. The SMILES string of the molecule is COc1ccc(S(=O)(=O)c2csc3c2NC(=O)CC3c2ccccc2OC2CCCC2)cc1. The Hall–Kier alpha value is -2.84. The third kappa shape index (κ3) is 4.13. The van der Waals surface area contributed by atoms with Gasteiger partial charge in [-0.15, -0.1) is 11.3 Å². The summed E-state index contributed by atoms with van der Waals surface area (Å²) in [7, 11) is -2.28. The van der Waals surface area contributed by atoms with E-state index in [4.69, 9.17) is 9.47 Å². The number of thiophene rings is 1. The number of nitrogens with one attached hydrogen (secondary N) is 1. The molecule has 0 saturated heterocycles. The zero-order chi connectivity index (χ0) is 23.0. The van der Waals surface area contributed by atoms with Crippen molar-refractivity contribution >= 4 is 32.8 Å². The monoisotopic (exact) mass is 483 g/mol. The molecule has 1 fully saturated rings. The van der Waals surface area contributed by atoms with Gasteiger partial charge in [-0.3, -0.25) is 4.79 Å². The number of carbonyl (C=O) groups is 1. The minimum Gasteiger partial charge on any atom is -0.497 e. The standard InChI is InChI=1S/C25H25NO5S2/c1-30-16-10-12-18(13-11-16)33(28,29)22-15-32-25-20(14-23(27)26-24(22)25)19-8-4-5-9-21(19)31-17-6-2-3-7-17/h4-5,8-13,15,17,20H,2-3,6-7,14H2,1H3,(H,26,27). The van der Waals surface area contributed by atoms with Gasteiger partial charge in [-0.05, 0) is 56.0 Å². The predicted molar refractivity (Wildman–Crippen MR) is 127 cm³/mol. The minimum absolute atomic E-state index is 0.125. The molecule has 33 heavy (non-hydrogen) atoms. The van der Waals surface area contributed by atoms with E-state index in [-0.39, 0.29) is 34.1 Å². The first-order chi connectivity index (χ1) is 16.0. The maximum Gasteiger partial charge on any atom is 0.225 e. The van der Waals surface area contributed by atoms with Gasteiger partial charge in [0.1, 0.15) is 16.4 Å². The minimum atomic E-state index is -3.81. The van der Waals surface area contributed by atoms with Crippen molar-refractivity contribution in [2.75, 3.05) is 12.4 Å². The van der Waals surface area contributed by atoms with Gasteiger partial charge in [-0.2, -0.15) is 0 Å². The summed E-state index contributed by atoms with van der Waals surface area (Å²) < 4.78 is 38.3. The van der Waals surface area contributed by atoms with E-state index < -0.39 is 9.84 Å². The second-order valence-electron chi connectivity index (χ2n) is 8.39. The average molecular weight is 484 g/mol. The van der Waals surface area contributed by atoms with Crippen LogP contribution >= 0.6 is 11.3 Å². The molecule has 1 unspecified atom stereocenters. The number of anilines is 1. The van der Waals surface area contributed by atoms with Crippen LogP contribution in [0.2, 0.25) is 0 Å². The number of rotatable bonds is 6. The van der Waals surface area contributed by atoms with Crippen molar-refractivity contribution in [1.82, 2.24) is 0 Å². The Bertz CT molecular complexity index is 1270. The van der Waals surface area contributed by atoms with Gasteiger partial charge in [-0.25, -0.2) is 8.42 Å². The summed E-state index contributed by atoms with van der Waals surface area (Å²) in [4.78, 5) is 13.8. The number of para-hydroxylation sites is 1. The molecule has 172 valence electrons. The van der Waals surface area contributed by atoms with Crippen LogP contribution in [-0.4, -0.2) is 27.5 Å². The highest BCUT2D eigenvalue weighted by atomic mass is 32.2. The highest BCUT2D eigenvalue weighted by Gasteiger charge is 2.35. The summed E-state index contributed by atoms with van der Waals surface area (Å²) in [5.74, 6) is 0.903. The van der Waals surface area contributed by atoms with E-state index in [0.29, 0.717) is 11.4 Å². The first-order valence-corrected chi connectivity index (χ1v) is 13.4. The van der Waals surface area contributed by atoms with Crippen molar-refractivity contribution in [1.29, 1.82) is 0 Å². The number of sulfone groups is 1. The van der Waals surface area contributed by atoms with E-state index >= 15 is 0 Å². The van der Waals surface area contributed by atoms with Gasteiger partial charge in [-0.1, -0.05) is 18.2 Å². The number of ether oxygens (including phenoxy) is 2. The molecule has 0 radical (unpaired) electrons. The molecule has 2 aliphatic rings. The summed E-state index contributed by atoms with van der Waals surface area (Å²) in [5.41, 5.74) is 1.31. The Morgan fingerprint density at radius 2 is 1.76 bits per heavy atom. The molecule has 1 amide bonds. The Morgan fingerprint density at radius 1 is 1.03 bits per heavy atom. The summed E-state index contributed by atoms with van der Waals surface area (Å²) in [6.07, 6.45) is 4.85. The van der Waals surface area contributed by atoms with Crippen LogP contribution in [0.25, 0.3) is 0 Å². The van der Waals surface area contributed by atoms with Crippen LogP contribution < -0.4 is 14.8 Å². The number of hydrogen-bond acceptors (Lipinski definition) is 6. The number of fused-ring (bicyclic) bond motifs is 1. The van der Waals surface area contributed by atoms with Crippen molar-refractivity contribution in [3.63, 3.8) is 0 Å². The first kappa shape index (κ1) is 22.0. The van der Waals surface area contributed by atoms with E-state index in [0.717, 1.165) is 29.0 Å². The summed E-state index contributed by atoms with van der Waals surface area (Å²) in [6.45, 7) is 0. The third-order valence-electron chi connectivity index (χ3n) is 6.31. The van der Waals surface area contributed by atoms with Gasteiger partial charge in [0, 0.05) is 28.2 Å². The number of methoxy groups -OCH3 is 1. The lowest BCUT2D eigenvalue weighted by Crippen LogP contribution is -2.24. The van der Waals surface area contributed by atoms with Gasteiger partial charge in [0.05, 0.1) is 23.8 Å². The fourth-order valence-corrected chi connectivity index (χ4v) is 7.50. The molecular weight excluding hydrogens is 458 g/mol. The quantitative estimate of drug-likeness (QED) is 0.509. The Balaban J connectivity index is 1.54. The molecule has 0 bridgehead atoms. The zero-order valence-corrected chi connectivity index (χ0v) is 19.9. The van der Waals surface area contributed by atoms with Gasteiger partial charge in [0.25, 0.3) is 0 Å². The fourth-order valence-electron chi connectivity index (χ4n) is 4.60. The molecule has 1 aliphatic carbocycles. The maximum absolute atomic E-state index is 13.4. The Morgan fingerprint density at radius 3 is 2.48 bits per heavy atom. The van der Waals surface area contributed by atoms with Crippen LogP contribution in [0.1, 0.15) is 48.5 Å². The predicted octanol–water partition coefficient (Wildman–Crippen LogP) is 5.39. The van der Waals surface area contributed by atoms with Crippen molar-refractivity contribution in [2.45, 2.75) is 53.9 Å². The summed E-state index contributed by atoms with van der Waals surface area (Å²) >= 11 is 1.36. The average Bonchev–Trinajstić information content (AvgIpc) is 3.49. The van der Waals surface area contributed by atoms with Gasteiger partial charge >= 0.3 is 0 Å². The molecule has 3 aromatic rings. The van der Waals surface area contributed by atoms with Gasteiger partial charge < -0.3 is 14.8 Å². The molecule has 1 saturated carbocycles. The molecule has 1 N–H and O–H groups in total. The van der Waals surface area contributed by atoms with Crippen LogP contribution in [0, 0.1) is 0 Å². The van der Waals surface area contributed by atoms with Crippen molar-refractivity contribution in [3.05, 3.63) is 64.4 Å². The number of amides is 1. The second kappa shape index (κ2) is 8.83. The normalized spacial score (nSPS) is 18.6. The first-order valence-electron chi connectivity index (χ1n) is 11.0. The van der Waals surface area contributed by atoms with Crippen LogP contribution in [-0.2, 0) is 14.6 Å². The van der Waals surface area contributed by atoms with Crippen molar-refractivity contribution in [2.24, 2.45) is 0 Å². The zero-order valence-electron chi connectivity index (χ0n) is 18.2. The fraction of sp³-hybridized carbons (Fsp3) is 0.320. The molecule has 2 aromatic carbocycles. The Labute approximate surface area is 197 Å². The molecule has 5 rings (SSSR count). The van der Waals surface area contributed by atoms with Crippen LogP contribution in [0.15, 0.2) is 63.7 Å². The van der Waals surface area contributed by atoms with E-state index in [1.165, 1.54) is 43.4 Å². The van der Waals surface area contributed by atoms with Gasteiger partial charge in [0.15, 0.2) is 0 Å². The highest BCUT2D eigenvalue weighted by Crippen LogP contribution is 2.48. The highest BCUT2D eigenvalue weighted by molar-refractivity contribution is 7.91. The largest absolute Gasteiger partial charge is 0.497 e. The molecule has 2 heterocycles. The topological polar surface area (TPSA) is 81.7 Å². The van der Waals surface area contributed by atoms with Crippen molar-refractivity contribution < 1.29 is 22.7 Å². The lowest BCUT2D eigenvalue weighted by atomic mass is 9.90. The van der Waals surface area contributed by atoms with Crippen LogP contribution in [0.5, 0.6) is 11.5 Å². The summed E-state index contributed by atoms with van der Waals surface area (Å²) in [5, 5.41) is 4.45. The lowest BCUT2D eigenvalue weighted by Gasteiger charge is -2.26. The van der Waals surface area contributed by atoms with Gasteiger partial charge in [0.2, 0.25) is 15.7 Å². The smallest absolute Gasteiger partial charge is 0.225 e. The number of hydrogen-bond donors (Lipinski definition) is 1. The Kier molecular flexibility index (Phi) is 5.88. The molecule has 1 atom stereocenters. The summed E-state index contributed by atoms with van der Waals surface area (Å²) in [6, 6.07) is 14.1. The number of carbonyl (C=O) groups excluding carboxylic acids is 1. The van der Waals surface area contributed by atoms with Crippen LogP contribution in [0.4, 0.5) is 5.69 Å². The van der Waals surface area contributed by atoms with E-state index in [1.54, 1.807) is 17.5 Å². The van der Waals surface area contributed by atoms with E-state index in [9.17, 15) is 13.2 Å². The maximum atomic E-state index is 13.4. The molecule has 8 heteroatoms. The van der Waals surface area contributed by atoms with E-state index in [1.807, 2.05) is 24.3 Å². The van der Waals surface area contributed by atoms with Crippen molar-refractivity contribution in [3.8, 4) is 11.5 Å². The third-order valence-corrected chi connectivity index (χ3v) is 9.34. The molecule has 6 nitrogen and oxygen atoms in total.